The summed E-state index contributed by atoms with van der Waals surface area (Å²) in [5, 5.41) is 3.05. The highest BCUT2D eigenvalue weighted by atomic mass is 16.5. The minimum Gasteiger partial charge on any atom is -0.385 e. The molecule has 22 heavy (non-hydrogen) atoms. The largest absolute Gasteiger partial charge is 0.385 e. The van der Waals surface area contributed by atoms with E-state index in [0.29, 0.717) is 26.3 Å². The molecule has 3 amide bonds. The lowest BCUT2D eigenvalue weighted by molar-refractivity contribution is -0.129. The van der Waals surface area contributed by atoms with Crippen LogP contribution in [0.2, 0.25) is 0 Å². The van der Waals surface area contributed by atoms with E-state index in [1.54, 1.807) is 18.9 Å². The first-order valence-corrected chi connectivity index (χ1v) is 8.01. The summed E-state index contributed by atoms with van der Waals surface area (Å²) >= 11 is 0. The minimum absolute atomic E-state index is 0.0157. The van der Waals surface area contributed by atoms with Gasteiger partial charge in [-0.15, -0.1) is 0 Å². The average molecular weight is 313 g/mol. The van der Waals surface area contributed by atoms with Crippen LogP contribution in [0.15, 0.2) is 0 Å². The number of methoxy groups -OCH3 is 1. The van der Waals surface area contributed by atoms with E-state index in [-0.39, 0.29) is 24.1 Å². The number of hydrogen-bond acceptors (Lipinski definition) is 4. The second-order valence-electron chi connectivity index (χ2n) is 5.97. The maximum Gasteiger partial charge on any atom is 0.317 e. The van der Waals surface area contributed by atoms with Crippen LogP contribution in [0.25, 0.3) is 0 Å². The van der Waals surface area contributed by atoms with E-state index in [4.69, 9.17) is 9.47 Å². The molecule has 2 fully saturated rings. The Kier molecular flexibility index (Phi) is 6.45. The molecule has 0 radical (unpaired) electrons. The molecule has 0 aliphatic carbocycles. The monoisotopic (exact) mass is 313 g/mol. The molecule has 2 rings (SSSR count). The zero-order chi connectivity index (χ0) is 15.9. The molecule has 0 aromatic heterocycles. The zero-order valence-corrected chi connectivity index (χ0v) is 13.5. The molecule has 7 nitrogen and oxygen atoms in total. The number of carbonyl (C=O) groups is 2. The van der Waals surface area contributed by atoms with Gasteiger partial charge in [0, 0.05) is 46.4 Å². The van der Waals surface area contributed by atoms with Crippen LogP contribution in [-0.2, 0) is 14.3 Å². The number of carbonyl (C=O) groups excluding carboxylic acids is 2. The SMILES string of the molecule is COCCCOC1CN(C(=O)NC2CCN(C(C)=O)CC2)C1. The molecule has 0 saturated carbocycles. The van der Waals surface area contributed by atoms with Crippen molar-refractivity contribution in [2.75, 3.05) is 46.5 Å². The van der Waals surface area contributed by atoms with Crippen LogP contribution in [0.1, 0.15) is 26.2 Å². The van der Waals surface area contributed by atoms with Crippen molar-refractivity contribution in [2.24, 2.45) is 0 Å². The van der Waals surface area contributed by atoms with Gasteiger partial charge in [-0.2, -0.15) is 0 Å². The van der Waals surface area contributed by atoms with Crippen molar-refractivity contribution in [2.45, 2.75) is 38.3 Å². The van der Waals surface area contributed by atoms with Crippen molar-refractivity contribution in [3.05, 3.63) is 0 Å². The first-order chi connectivity index (χ1) is 10.6. The van der Waals surface area contributed by atoms with Crippen LogP contribution >= 0.6 is 0 Å². The molecule has 1 N–H and O–H groups in total. The number of nitrogens with one attached hydrogen (secondary N) is 1. The Labute approximate surface area is 131 Å². The van der Waals surface area contributed by atoms with Crippen LogP contribution in [0.3, 0.4) is 0 Å². The van der Waals surface area contributed by atoms with Gasteiger partial charge in [-0.3, -0.25) is 4.79 Å². The van der Waals surface area contributed by atoms with Gasteiger partial charge in [-0.1, -0.05) is 0 Å². The summed E-state index contributed by atoms with van der Waals surface area (Å²) in [6, 6.07) is 0.155. The predicted octanol–water partition coefficient (Wildman–Crippen LogP) is 0.444. The molecule has 2 aliphatic rings. The van der Waals surface area contributed by atoms with Crippen molar-refractivity contribution in [1.29, 1.82) is 0 Å². The van der Waals surface area contributed by atoms with Gasteiger partial charge in [0.1, 0.15) is 0 Å². The summed E-state index contributed by atoms with van der Waals surface area (Å²) in [4.78, 5) is 27.0. The van der Waals surface area contributed by atoms with Crippen molar-refractivity contribution in [3.8, 4) is 0 Å². The summed E-state index contributed by atoms with van der Waals surface area (Å²) in [6.45, 7) is 5.74. The molecule has 0 bridgehead atoms. The van der Waals surface area contributed by atoms with E-state index >= 15 is 0 Å². The lowest BCUT2D eigenvalue weighted by Gasteiger charge is -2.40. The summed E-state index contributed by atoms with van der Waals surface area (Å²) in [5.41, 5.74) is 0. The highest BCUT2D eigenvalue weighted by Crippen LogP contribution is 2.15. The lowest BCUT2D eigenvalue weighted by Crippen LogP contribution is -2.59. The van der Waals surface area contributed by atoms with Crippen molar-refractivity contribution >= 4 is 11.9 Å². The molecule has 2 heterocycles. The number of nitrogens with zero attached hydrogens (tertiary/aromatic N) is 2. The van der Waals surface area contributed by atoms with Crippen LogP contribution < -0.4 is 5.32 Å². The predicted molar refractivity (Wildman–Crippen MR) is 81.6 cm³/mol. The summed E-state index contributed by atoms with van der Waals surface area (Å²) in [7, 11) is 1.68. The van der Waals surface area contributed by atoms with Crippen molar-refractivity contribution < 1.29 is 19.1 Å². The molecule has 7 heteroatoms. The molecule has 0 unspecified atom stereocenters. The number of piperidine rings is 1. The van der Waals surface area contributed by atoms with E-state index < -0.39 is 0 Å². The summed E-state index contributed by atoms with van der Waals surface area (Å²) in [6.07, 6.45) is 2.70. The highest BCUT2D eigenvalue weighted by Gasteiger charge is 2.32. The Hall–Kier alpha value is -1.34. The van der Waals surface area contributed by atoms with E-state index in [1.807, 2.05) is 4.90 Å². The number of urea groups is 1. The quantitative estimate of drug-likeness (QED) is 0.723. The average Bonchev–Trinajstić information content (AvgIpc) is 2.45. The molecule has 0 aromatic carbocycles. The standard InChI is InChI=1S/C15H27N3O4/c1-12(19)17-6-4-13(5-7-17)16-15(20)18-10-14(11-18)22-9-3-8-21-2/h13-14H,3-11H2,1-2H3,(H,16,20). The molecule has 0 aromatic rings. The fourth-order valence-electron chi connectivity index (χ4n) is 2.77. The molecule has 0 spiro atoms. The van der Waals surface area contributed by atoms with Crippen molar-refractivity contribution in [3.63, 3.8) is 0 Å². The fourth-order valence-corrected chi connectivity index (χ4v) is 2.77. The summed E-state index contributed by atoms with van der Waals surface area (Å²) < 4.78 is 10.6. The second-order valence-corrected chi connectivity index (χ2v) is 5.97. The molecule has 2 saturated heterocycles. The summed E-state index contributed by atoms with van der Waals surface area (Å²) in [5.74, 6) is 0.112. The normalized spacial score (nSPS) is 19.9. The van der Waals surface area contributed by atoms with Crippen LogP contribution in [0.5, 0.6) is 0 Å². The number of rotatable bonds is 6. The Morgan fingerprint density at radius 1 is 1.14 bits per heavy atom. The lowest BCUT2D eigenvalue weighted by atomic mass is 10.1. The van der Waals surface area contributed by atoms with E-state index in [9.17, 15) is 9.59 Å². The first kappa shape index (κ1) is 17.0. The van der Waals surface area contributed by atoms with Gasteiger partial charge in [0.05, 0.1) is 19.2 Å². The van der Waals surface area contributed by atoms with E-state index in [0.717, 1.165) is 32.4 Å². The maximum absolute atomic E-state index is 12.1. The van der Waals surface area contributed by atoms with E-state index in [1.165, 1.54) is 0 Å². The topological polar surface area (TPSA) is 71.1 Å². The maximum atomic E-state index is 12.1. The van der Waals surface area contributed by atoms with Gasteiger partial charge in [0.25, 0.3) is 0 Å². The Balaban J connectivity index is 1.57. The molecular formula is C15H27N3O4. The van der Waals surface area contributed by atoms with Gasteiger partial charge in [-0.25, -0.2) is 4.79 Å². The third-order valence-electron chi connectivity index (χ3n) is 4.25. The third-order valence-corrected chi connectivity index (χ3v) is 4.25. The van der Waals surface area contributed by atoms with Crippen LogP contribution in [-0.4, -0.2) is 80.4 Å². The number of amides is 3. The molecule has 2 aliphatic heterocycles. The van der Waals surface area contributed by atoms with Gasteiger partial charge < -0.3 is 24.6 Å². The van der Waals surface area contributed by atoms with E-state index in [2.05, 4.69) is 5.32 Å². The highest BCUT2D eigenvalue weighted by molar-refractivity contribution is 5.76. The smallest absolute Gasteiger partial charge is 0.317 e. The number of ether oxygens (including phenoxy) is 2. The molecule has 126 valence electrons. The molecular weight excluding hydrogens is 286 g/mol. The Morgan fingerprint density at radius 2 is 1.82 bits per heavy atom. The van der Waals surface area contributed by atoms with Gasteiger partial charge in [0.15, 0.2) is 0 Å². The third kappa shape index (κ3) is 4.84. The van der Waals surface area contributed by atoms with Gasteiger partial charge >= 0.3 is 6.03 Å². The Morgan fingerprint density at radius 3 is 2.41 bits per heavy atom. The van der Waals surface area contributed by atoms with Gasteiger partial charge in [-0.05, 0) is 19.3 Å². The number of likely N-dealkylation sites (tertiary alicyclic amines) is 2. The van der Waals surface area contributed by atoms with Crippen LogP contribution in [0, 0.1) is 0 Å². The first-order valence-electron chi connectivity index (χ1n) is 8.01. The van der Waals surface area contributed by atoms with Crippen LogP contribution in [0.4, 0.5) is 4.79 Å². The second kappa shape index (κ2) is 8.33. The zero-order valence-electron chi connectivity index (χ0n) is 13.5. The Bertz CT molecular complexity index is 377. The van der Waals surface area contributed by atoms with Gasteiger partial charge in [0.2, 0.25) is 5.91 Å². The number of hydrogen-bond donors (Lipinski definition) is 1. The fraction of sp³-hybridized carbons (Fsp3) is 0.867. The minimum atomic E-state index is -0.0157. The van der Waals surface area contributed by atoms with Crippen molar-refractivity contribution in [1.82, 2.24) is 15.1 Å². The molecule has 0 atom stereocenters.